The Morgan fingerprint density at radius 1 is 1.27 bits per heavy atom. The highest BCUT2D eigenvalue weighted by atomic mass is 35.5. The first-order valence-electron chi connectivity index (χ1n) is 9.73. The zero-order valence-corrected chi connectivity index (χ0v) is 17.8. The zero-order chi connectivity index (χ0) is 21.6. The summed E-state index contributed by atoms with van der Waals surface area (Å²) in [5, 5.41) is 14.2. The van der Waals surface area contributed by atoms with Crippen LogP contribution in [0.4, 0.5) is 5.69 Å². The number of aliphatic hydroxyl groups excluding tert-OH is 1. The van der Waals surface area contributed by atoms with Crippen LogP contribution in [0.2, 0.25) is 5.02 Å². The van der Waals surface area contributed by atoms with E-state index < -0.39 is 17.7 Å². The summed E-state index contributed by atoms with van der Waals surface area (Å²) in [5.74, 6) is -0.0645. The lowest BCUT2D eigenvalue weighted by Gasteiger charge is -2.42. The molecule has 2 N–H and O–H groups in total. The maximum absolute atomic E-state index is 13.7. The molecule has 7 nitrogen and oxygen atoms in total. The van der Waals surface area contributed by atoms with E-state index in [0.29, 0.717) is 40.6 Å². The summed E-state index contributed by atoms with van der Waals surface area (Å²) in [6.45, 7) is 0.350. The lowest BCUT2D eigenvalue weighted by molar-refractivity contribution is -0.140. The van der Waals surface area contributed by atoms with Crippen molar-refractivity contribution < 1.29 is 19.4 Å². The fourth-order valence-electron chi connectivity index (χ4n) is 4.63. The van der Waals surface area contributed by atoms with E-state index in [4.69, 9.17) is 16.3 Å². The molecule has 0 radical (unpaired) electrons. The van der Waals surface area contributed by atoms with Crippen LogP contribution in [0.1, 0.15) is 17.5 Å². The van der Waals surface area contributed by atoms with Gasteiger partial charge in [0.15, 0.2) is 5.54 Å². The Morgan fingerprint density at radius 3 is 2.70 bits per heavy atom. The van der Waals surface area contributed by atoms with E-state index in [-0.39, 0.29) is 11.8 Å². The minimum absolute atomic E-state index is 0.266. The number of amides is 2. The van der Waals surface area contributed by atoms with Gasteiger partial charge in [-0.05, 0) is 30.7 Å². The molecule has 0 saturated carbocycles. The van der Waals surface area contributed by atoms with Crippen LogP contribution in [-0.4, -0.2) is 66.6 Å². The molecule has 1 saturated heterocycles. The Bertz CT molecular complexity index is 1010. The van der Waals surface area contributed by atoms with Gasteiger partial charge in [0.1, 0.15) is 11.8 Å². The third-order valence-electron chi connectivity index (χ3n) is 5.94. The third-order valence-corrected chi connectivity index (χ3v) is 6.17. The highest BCUT2D eigenvalue weighted by Gasteiger charge is 2.59. The highest BCUT2D eigenvalue weighted by Crippen LogP contribution is 2.51. The first-order chi connectivity index (χ1) is 14.3. The Balaban J connectivity index is 2.03. The number of anilines is 1. The normalized spacial score (nSPS) is 25.7. The van der Waals surface area contributed by atoms with Crippen LogP contribution >= 0.6 is 11.6 Å². The number of halogens is 1. The molecule has 1 unspecified atom stereocenters. The molecule has 0 aliphatic carbocycles. The van der Waals surface area contributed by atoms with E-state index >= 15 is 0 Å². The van der Waals surface area contributed by atoms with E-state index in [0.717, 1.165) is 0 Å². The van der Waals surface area contributed by atoms with Crippen molar-refractivity contribution in [3.8, 4) is 5.75 Å². The number of nitrogens with one attached hydrogen (secondary N) is 1. The third kappa shape index (κ3) is 2.88. The van der Waals surface area contributed by atoms with Gasteiger partial charge in [0, 0.05) is 42.5 Å². The minimum Gasteiger partial charge on any atom is -0.496 e. The summed E-state index contributed by atoms with van der Waals surface area (Å²) in [6, 6.07) is 11.6. The van der Waals surface area contributed by atoms with Crippen molar-refractivity contribution in [2.45, 2.75) is 24.1 Å². The molecular weight excluding hydrogens is 406 g/mol. The summed E-state index contributed by atoms with van der Waals surface area (Å²) >= 11 is 6.33. The quantitative estimate of drug-likeness (QED) is 0.777. The van der Waals surface area contributed by atoms with Gasteiger partial charge in [-0.2, -0.15) is 0 Å². The van der Waals surface area contributed by atoms with Crippen LogP contribution in [-0.2, 0) is 15.1 Å². The Hall–Kier alpha value is -2.61. The Labute approximate surface area is 180 Å². The monoisotopic (exact) mass is 429 g/mol. The first-order valence-corrected chi connectivity index (χ1v) is 10.1. The van der Waals surface area contributed by atoms with Gasteiger partial charge in [-0.25, -0.2) is 0 Å². The molecule has 2 aliphatic rings. The van der Waals surface area contributed by atoms with Gasteiger partial charge < -0.3 is 20.1 Å². The number of carbonyl (C=O) groups excluding carboxylic acids is 2. The predicted octanol–water partition coefficient (Wildman–Crippen LogP) is 2.07. The lowest BCUT2D eigenvalue weighted by atomic mass is 9.80. The number of methoxy groups -OCH3 is 1. The molecule has 2 aliphatic heterocycles. The fraction of sp³-hybridized carbons (Fsp3) is 0.364. The molecule has 2 heterocycles. The molecule has 30 heavy (non-hydrogen) atoms. The van der Waals surface area contributed by atoms with Crippen LogP contribution in [0.5, 0.6) is 5.75 Å². The lowest BCUT2D eigenvalue weighted by Crippen LogP contribution is -2.59. The van der Waals surface area contributed by atoms with Crippen molar-refractivity contribution in [2.24, 2.45) is 0 Å². The maximum Gasteiger partial charge on any atom is 0.254 e. The highest BCUT2D eigenvalue weighted by molar-refractivity contribution is 6.31. The summed E-state index contributed by atoms with van der Waals surface area (Å²) in [5.41, 5.74) is 0.472. The molecule has 0 spiro atoms. The second-order valence-corrected chi connectivity index (χ2v) is 8.22. The largest absolute Gasteiger partial charge is 0.496 e. The summed E-state index contributed by atoms with van der Waals surface area (Å²) in [4.78, 5) is 30.0. The van der Waals surface area contributed by atoms with Crippen molar-refractivity contribution in [1.82, 2.24) is 9.80 Å². The molecule has 158 valence electrons. The molecule has 1 fully saturated rings. The molecule has 2 aromatic carbocycles. The fourth-order valence-corrected chi connectivity index (χ4v) is 4.80. The van der Waals surface area contributed by atoms with E-state index in [2.05, 4.69) is 5.32 Å². The van der Waals surface area contributed by atoms with Crippen LogP contribution in [0, 0.1) is 0 Å². The number of aliphatic hydroxyl groups is 1. The molecule has 8 heteroatoms. The van der Waals surface area contributed by atoms with Gasteiger partial charge in [-0.3, -0.25) is 14.5 Å². The molecular formula is C22H24ClN3O4. The van der Waals surface area contributed by atoms with Gasteiger partial charge in [0.05, 0.1) is 13.2 Å². The average molecular weight is 430 g/mol. The van der Waals surface area contributed by atoms with Crippen molar-refractivity contribution >= 4 is 29.1 Å². The number of likely N-dealkylation sites (N-methyl/N-ethyl adjacent to an activating group) is 1. The number of likely N-dealkylation sites (tertiary alicyclic amines) is 1. The van der Waals surface area contributed by atoms with Crippen LogP contribution in [0.3, 0.4) is 0 Å². The zero-order valence-electron chi connectivity index (χ0n) is 17.1. The van der Waals surface area contributed by atoms with Crippen molar-refractivity contribution in [3.05, 3.63) is 58.6 Å². The van der Waals surface area contributed by atoms with Crippen LogP contribution in [0.25, 0.3) is 0 Å². The van der Waals surface area contributed by atoms with Crippen molar-refractivity contribution in [1.29, 1.82) is 0 Å². The van der Waals surface area contributed by atoms with Crippen molar-refractivity contribution in [3.63, 3.8) is 0 Å². The number of fused-ring (bicyclic) bond motifs is 1. The van der Waals surface area contributed by atoms with E-state index in [1.165, 1.54) is 4.90 Å². The number of hydrogen-bond acceptors (Lipinski definition) is 5. The van der Waals surface area contributed by atoms with Gasteiger partial charge in [-0.1, -0.05) is 29.8 Å². The number of nitrogens with zero attached hydrogens (tertiary/aromatic N) is 2. The molecule has 4 rings (SSSR count). The average Bonchev–Trinajstić information content (AvgIpc) is 3.24. The van der Waals surface area contributed by atoms with Gasteiger partial charge in [-0.15, -0.1) is 0 Å². The molecule has 2 amide bonds. The van der Waals surface area contributed by atoms with Gasteiger partial charge >= 0.3 is 0 Å². The number of carbonyl (C=O) groups is 2. The van der Waals surface area contributed by atoms with Gasteiger partial charge in [0.25, 0.3) is 5.91 Å². The number of hydrogen-bond donors (Lipinski definition) is 2. The van der Waals surface area contributed by atoms with E-state index in [1.807, 2.05) is 18.2 Å². The second kappa shape index (κ2) is 7.58. The number of rotatable bonds is 4. The molecule has 3 atom stereocenters. The molecule has 0 aromatic heterocycles. The standard InChI is InChI=1S/C22H24ClN3O4/c1-25(2)20(28)19-17(27)10-11-26(19)22(14-6-4-5-7-18(14)30-3)15-12-13(23)8-9-16(15)24-21(22)29/h4-9,12,17,19,27H,10-11H2,1-3H3,(H,24,29)/t17-,19-,22?/m0/s1. The molecule has 2 aromatic rings. The number of ether oxygens (including phenoxy) is 1. The second-order valence-electron chi connectivity index (χ2n) is 7.78. The van der Waals surface area contributed by atoms with Crippen LogP contribution in [0.15, 0.2) is 42.5 Å². The number of para-hydroxylation sites is 1. The molecule has 0 bridgehead atoms. The Morgan fingerprint density at radius 2 is 2.00 bits per heavy atom. The number of benzene rings is 2. The van der Waals surface area contributed by atoms with E-state index in [9.17, 15) is 14.7 Å². The van der Waals surface area contributed by atoms with Crippen molar-refractivity contribution in [2.75, 3.05) is 33.1 Å². The first kappa shape index (κ1) is 20.7. The topological polar surface area (TPSA) is 82.1 Å². The maximum atomic E-state index is 13.7. The van der Waals surface area contributed by atoms with Gasteiger partial charge in [0.2, 0.25) is 5.91 Å². The summed E-state index contributed by atoms with van der Waals surface area (Å²) in [6.07, 6.45) is -0.535. The van der Waals surface area contributed by atoms with E-state index in [1.54, 1.807) is 50.4 Å². The smallest absolute Gasteiger partial charge is 0.254 e. The minimum atomic E-state index is -1.37. The Kier molecular flexibility index (Phi) is 5.22. The summed E-state index contributed by atoms with van der Waals surface area (Å²) in [7, 11) is 4.82. The van der Waals surface area contributed by atoms with Crippen LogP contribution < -0.4 is 10.1 Å². The summed E-state index contributed by atoms with van der Waals surface area (Å²) < 4.78 is 5.61. The SMILES string of the molecule is COc1ccccc1C1(N2CC[C@H](O)[C@H]2C(=O)N(C)C)C(=O)Nc2ccc(Cl)cc21. The predicted molar refractivity (Wildman–Crippen MR) is 114 cm³/mol.